The fourth-order valence-corrected chi connectivity index (χ4v) is 2.43. The summed E-state index contributed by atoms with van der Waals surface area (Å²) in [5.41, 5.74) is 0.130. The van der Waals surface area contributed by atoms with E-state index < -0.39 is 0 Å². The van der Waals surface area contributed by atoms with E-state index in [1.807, 2.05) is 0 Å². The molecule has 0 atom stereocenters. The molecule has 4 nitrogen and oxygen atoms in total. The molecule has 0 saturated heterocycles. The molecule has 0 radical (unpaired) electrons. The molecule has 17 heavy (non-hydrogen) atoms. The summed E-state index contributed by atoms with van der Waals surface area (Å²) in [4.78, 5) is 0. The van der Waals surface area contributed by atoms with Gasteiger partial charge in [0.25, 0.3) is 0 Å². The van der Waals surface area contributed by atoms with Crippen molar-refractivity contribution in [2.45, 2.75) is 32.1 Å². The standard InChI is InChI=1S/C13H27NO3/c1-16-9-10-17-8-7-14-11-13(12-15)5-3-2-4-6-13/h14-15H,2-12H2,1H3. The van der Waals surface area contributed by atoms with Gasteiger partial charge in [0.05, 0.1) is 19.8 Å². The molecule has 0 heterocycles. The lowest BCUT2D eigenvalue weighted by molar-refractivity contribution is 0.0617. The van der Waals surface area contributed by atoms with E-state index in [1.54, 1.807) is 7.11 Å². The van der Waals surface area contributed by atoms with E-state index >= 15 is 0 Å². The molecule has 1 aliphatic carbocycles. The second-order valence-corrected chi connectivity index (χ2v) is 5.00. The third-order valence-corrected chi connectivity index (χ3v) is 3.60. The maximum Gasteiger partial charge on any atom is 0.0700 e. The van der Waals surface area contributed by atoms with Crippen LogP contribution in [0.15, 0.2) is 0 Å². The Morgan fingerprint density at radius 3 is 2.53 bits per heavy atom. The van der Waals surface area contributed by atoms with Crippen LogP contribution < -0.4 is 5.32 Å². The van der Waals surface area contributed by atoms with E-state index in [9.17, 15) is 5.11 Å². The average Bonchev–Trinajstić information content (AvgIpc) is 2.39. The van der Waals surface area contributed by atoms with Gasteiger partial charge < -0.3 is 19.9 Å². The second kappa shape index (κ2) is 8.86. The lowest BCUT2D eigenvalue weighted by atomic mass is 9.74. The zero-order valence-electron chi connectivity index (χ0n) is 11.0. The Kier molecular flexibility index (Phi) is 7.77. The first-order valence-electron chi connectivity index (χ1n) is 6.71. The van der Waals surface area contributed by atoms with Crippen molar-refractivity contribution >= 4 is 0 Å². The first-order chi connectivity index (χ1) is 8.33. The van der Waals surface area contributed by atoms with Crippen molar-refractivity contribution in [3.8, 4) is 0 Å². The van der Waals surface area contributed by atoms with E-state index in [0.717, 1.165) is 25.9 Å². The lowest BCUT2D eigenvalue weighted by Crippen LogP contribution is -2.40. The summed E-state index contributed by atoms with van der Waals surface area (Å²) in [5, 5.41) is 12.9. The number of aliphatic hydroxyl groups is 1. The molecule has 1 fully saturated rings. The average molecular weight is 245 g/mol. The second-order valence-electron chi connectivity index (χ2n) is 5.00. The monoisotopic (exact) mass is 245 g/mol. The van der Waals surface area contributed by atoms with Crippen molar-refractivity contribution in [2.75, 3.05) is 46.6 Å². The van der Waals surface area contributed by atoms with Crippen molar-refractivity contribution in [1.82, 2.24) is 5.32 Å². The van der Waals surface area contributed by atoms with Crippen LogP contribution in [0.2, 0.25) is 0 Å². The maximum absolute atomic E-state index is 9.53. The van der Waals surface area contributed by atoms with E-state index in [1.165, 1.54) is 19.3 Å². The van der Waals surface area contributed by atoms with Crippen molar-refractivity contribution in [3.63, 3.8) is 0 Å². The molecule has 1 aliphatic rings. The molecule has 2 N–H and O–H groups in total. The van der Waals surface area contributed by atoms with Gasteiger partial charge in [-0.15, -0.1) is 0 Å². The van der Waals surface area contributed by atoms with Crippen molar-refractivity contribution < 1.29 is 14.6 Å². The summed E-state index contributed by atoms with van der Waals surface area (Å²) in [7, 11) is 1.68. The quantitative estimate of drug-likeness (QED) is 0.599. The first kappa shape index (κ1) is 14.9. The third-order valence-electron chi connectivity index (χ3n) is 3.60. The van der Waals surface area contributed by atoms with Crippen LogP contribution in [0.4, 0.5) is 0 Å². The van der Waals surface area contributed by atoms with Gasteiger partial charge >= 0.3 is 0 Å². The zero-order valence-corrected chi connectivity index (χ0v) is 11.0. The van der Waals surface area contributed by atoms with Crippen LogP contribution in [0.1, 0.15) is 32.1 Å². The minimum absolute atomic E-state index is 0.130. The van der Waals surface area contributed by atoms with Crippen LogP contribution in [-0.4, -0.2) is 51.7 Å². The third kappa shape index (κ3) is 5.82. The number of methoxy groups -OCH3 is 1. The highest BCUT2D eigenvalue weighted by atomic mass is 16.5. The van der Waals surface area contributed by atoms with Crippen LogP contribution in [-0.2, 0) is 9.47 Å². The molecule has 0 spiro atoms. The SMILES string of the molecule is COCCOCCNCC1(CO)CCCCC1. The number of rotatable bonds is 9. The van der Waals surface area contributed by atoms with Crippen molar-refractivity contribution in [3.05, 3.63) is 0 Å². The van der Waals surface area contributed by atoms with Crippen LogP contribution in [0.25, 0.3) is 0 Å². The summed E-state index contributed by atoms with van der Waals surface area (Å²) in [5.74, 6) is 0. The van der Waals surface area contributed by atoms with Gasteiger partial charge in [0.15, 0.2) is 0 Å². The molecular formula is C13H27NO3. The largest absolute Gasteiger partial charge is 0.396 e. The Bertz CT molecular complexity index is 182. The molecule has 0 aromatic heterocycles. The molecule has 4 heteroatoms. The first-order valence-corrected chi connectivity index (χ1v) is 6.71. The van der Waals surface area contributed by atoms with Crippen LogP contribution in [0, 0.1) is 5.41 Å². The van der Waals surface area contributed by atoms with E-state index in [0.29, 0.717) is 26.4 Å². The number of aliphatic hydroxyl groups excluding tert-OH is 1. The summed E-state index contributed by atoms with van der Waals surface area (Å²) in [6.45, 7) is 4.10. The van der Waals surface area contributed by atoms with Gasteiger partial charge in [0.1, 0.15) is 0 Å². The summed E-state index contributed by atoms with van der Waals surface area (Å²) in [6.07, 6.45) is 6.14. The van der Waals surface area contributed by atoms with E-state index in [4.69, 9.17) is 9.47 Å². The molecule has 0 amide bonds. The molecule has 0 bridgehead atoms. The van der Waals surface area contributed by atoms with Crippen molar-refractivity contribution in [1.29, 1.82) is 0 Å². The van der Waals surface area contributed by atoms with E-state index in [-0.39, 0.29) is 5.41 Å². The Morgan fingerprint density at radius 2 is 1.88 bits per heavy atom. The summed E-state index contributed by atoms with van der Waals surface area (Å²) in [6, 6.07) is 0. The summed E-state index contributed by atoms with van der Waals surface area (Å²) >= 11 is 0. The molecule has 0 aromatic carbocycles. The maximum atomic E-state index is 9.53. The number of hydrogen-bond donors (Lipinski definition) is 2. The molecule has 1 rings (SSSR count). The fourth-order valence-electron chi connectivity index (χ4n) is 2.43. The fraction of sp³-hybridized carbons (Fsp3) is 1.00. The van der Waals surface area contributed by atoms with Gasteiger partial charge in [-0.2, -0.15) is 0 Å². The van der Waals surface area contributed by atoms with E-state index in [2.05, 4.69) is 5.32 Å². The number of ether oxygens (including phenoxy) is 2. The minimum Gasteiger partial charge on any atom is -0.396 e. The van der Waals surface area contributed by atoms with Gasteiger partial charge in [-0.3, -0.25) is 0 Å². The van der Waals surface area contributed by atoms with Gasteiger partial charge in [-0.1, -0.05) is 19.3 Å². The van der Waals surface area contributed by atoms with Gasteiger partial charge in [0.2, 0.25) is 0 Å². The highest BCUT2D eigenvalue weighted by Crippen LogP contribution is 2.34. The Labute approximate surface area is 105 Å². The smallest absolute Gasteiger partial charge is 0.0700 e. The van der Waals surface area contributed by atoms with Gasteiger partial charge in [-0.25, -0.2) is 0 Å². The van der Waals surface area contributed by atoms with Gasteiger partial charge in [0, 0.05) is 32.2 Å². The predicted molar refractivity (Wildman–Crippen MR) is 68.2 cm³/mol. The lowest BCUT2D eigenvalue weighted by Gasteiger charge is -2.35. The predicted octanol–water partition coefficient (Wildman–Crippen LogP) is 1.18. The number of hydrogen-bond acceptors (Lipinski definition) is 4. The highest BCUT2D eigenvalue weighted by molar-refractivity contribution is 4.84. The molecule has 102 valence electrons. The van der Waals surface area contributed by atoms with Gasteiger partial charge in [-0.05, 0) is 12.8 Å². The van der Waals surface area contributed by atoms with Crippen LogP contribution in [0.5, 0.6) is 0 Å². The number of nitrogens with one attached hydrogen (secondary N) is 1. The van der Waals surface area contributed by atoms with Crippen LogP contribution >= 0.6 is 0 Å². The Balaban J connectivity index is 2.03. The summed E-state index contributed by atoms with van der Waals surface area (Å²) < 4.78 is 10.3. The molecule has 0 unspecified atom stereocenters. The zero-order chi connectivity index (χ0) is 12.4. The van der Waals surface area contributed by atoms with Crippen molar-refractivity contribution in [2.24, 2.45) is 5.41 Å². The molecule has 1 saturated carbocycles. The highest BCUT2D eigenvalue weighted by Gasteiger charge is 2.30. The Morgan fingerprint density at radius 1 is 1.12 bits per heavy atom. The Hall–Kier alpha value is -0.160. The minimum atomic E-state index is 0.130. The molecule has 0 aliphatic heterocycles. The van der Waals surface area contributed by atoms with Crippen LogP contribution in [0.3, 0.4) is 0 Å². The normalized spacial score (nSPS) is 19.4. The molecular weight excluding hydrogens is 218 g/mol. The topological polar surface area (TPSA) is 50.7 Å². The molecule has 0 aromatic rings.